The van der Waals surface area contributed by atoms with Crippen molar-refractivity contribution in [1.82, 2.24) is 15.3 Å². The summed E-state index contributed by atoms with van der Waals surface area (Å²) in [5.41, 5.74) is 1.61. The van der Waals surface area contributed by atoms with Crippen molar-refractivity contribution in [2.75, 3.05) is 6.61 Å². The molecule has 1 aromatic carbocycles. The molecule has 2 N–H and O–H groups in total. The summed E-state index contributed by atoms with van der Waals surface area (Å²) in [4.78, 5) is 20.7. The predicted octanol–water partition coefficient (Wildman–Crippen LogP) is 1.91. The van der Waals surface area contributed by atoms with Gasteiger partial charge in [0, 0.05) is 30.1 Å². The molecule has 0 radical (unpaired) electrons. The van der Waals surface area contributed by atoms with Crippen LogP contribution in [-0.4, -0.2) is 33.1 Å². The second-order valence-corrected chi connectivity index (χ2v) is 5.10. The first-order valence-electron chi connectivity index (χ1n) is 6.72. The topological polar surface area (TPSA) is 75.1 Å². The minimum Gasteiger partial charge on any atom is -0.396 e. The first kappa shape index (κ1) is 14.4. The normalized spacial score (nSPS) is 13.9. The maximum Gasteiger partial charge on any atom is 0.251 e. The highest BCUT2D eigenvalue weighted by atomic mass is 16.3. The lowest BCUT2D eigenvalue weighted by Crippen LogP contribution is -2.46. The van der Waals surface area contributed by atoms with Crippen molar-refractivity contribution in [1.29, 1.82) is 0 Å². The Bertz CT molecular complexity index is 615. The number of aromatic nitrogens is 2. The van der Waals surface area contributed by atoms with Crippen LogP contribution in [0.1, 0.15) is 37.0 Å². The van der Waals surface area contributed by atoms with Gasteiger partial charge in [-0.05, 0) is 38.0 Å². The van der Waals surface area contributed by atoms with Crippen molar-refractivity contribution in [2.45, 2.75) is 32.2 Å². The Balaban J connectivity index is 2.22. The van der Waals surface area contributed by atoms with Crippen LogP contribution in [0.4, 0.5) is 0 Å². The zero-order chi connectivity index (χ0) is 14.6. The van der Waals surface area contributed by atoms with Crippen molar-refractivity contribution in [2.24, 2.45) is 0 Å². The Kier molecular flexibility index (Phi) is 4.29. The minimum atomic E-state index is -0.400. The molecule has 1 amide bonds. The van der Waals surface area contributed by atoms with E-state index >= 15 is 0 Å². The van der Waals surface area contributed by atoms with Crippen LogP contribution in [0.25, 0.3) is 11.0 Å². The largest absolute Gasteiger partial charge is 0.396 e. The van der Waals surface area contributed by atoms with Gasteiger partial charge in [-0.15, -0.1) is 0 Å². The molecule has 1 heterocycles. The van der Waals surface area contributed by atoms with Crippen molar-refractivity contribution in [3.8, 4) is 0 Å². The molecule has 1 unspecified atom stereocenters. The summed E-state index contributed by atoms with van der Waals surface area (Å²) in [6.45, 7) is 3.97. The fourth-order valence-electron chi connectivity index (χ4n) is 2.03. The van der Waals surface area contributed by atoms with E-state index < -0.39 is 5.54 Å². The summed E-state index contributed by atoms with van der Waals surface area (Å²) >= 11 is 0. The molecule has 2 aromatic rings. The van der Waals surface area contributed by atoms with E-state index in [1.807, 2.05) is 13.8 Å². The van der Waals surface area contributed by atoms with Gasteiger partial charge < -0.3 is 10.4 Å². The van der Waals surface area contributed by atoms with Crippen LogP contribution in [0.5, 0.6) is 0 Å². The van der Waals surface area contributed by atoms with E-state index in [9.17, 15) is 4.79 Å². The molecule has 0 bridgehead atoms. The molecule has 20 heavy (non-hydrogen) atoms. The third kappa shape index (κ3) is 3.11. The molecule has 1 atom stereocenters. The first-order chi connectivity index (χ1) is 9.58. The maximum atomic E-state index is 12.3. The van der Waals surface area contributed by atoms with E-state index in [0.717, 1.165) is 11.9 Å². The molecule has 0 spiro atoms. The van der Waals surface area contributed by atoms with E-state index in [0.29, 0.717) is 17.5 Å². The van der Waals surface area contributed by atoms with Crippen LogP contribution in [0.2, 0.25) is 0 Å². The van der Waals surface area contributed by atoms with Crippen molar-refractivity contribution < 1.29 is 9.90 Å². The van der Waals surface area contributed by atoms with Crippen LogP contribution < -0.4 is 5.32 Å². The molecular formula is C15H19N3O2. The van der Waals surface area contributed by atoms with Gasteiger partial charge in [-0.3, -0.25) is 14.8 Å². The van der Waals surface area contributed by atoms with Crippen LogP contribution in [0.15, 0.2) is 30.6 Å². The molecule has 2 rings (SSSR count). The van der Waals surface area contributed by atoms with E-state index in [1.54, 1.807) is 30.6 Å². The lowest BCUT2D eigenvalue weighted by Gasteiger charge is -2.29. The molecule has 0 fully saturated rings. The highest BCUT2D eigenvalue weighted by Gasteiger charge is 2.24. The molecule has 0 aliphatic rings. The summed E-state index contributed by atoms with van der Waals surface area (Å²) in [5, 5.41) is 12.1. The first-order valence-corrected chi connectivity index (χ1v) is 6.72. The summed E-state index contributed by atoms with van der Waals surface area (Å²) in [5.74, 6) is -0.157. The van der Waals surface area contributed by atoms with Gasteiger partial charge in [0.05, 0.1) is 11.0 Å². The molecule has 1 aromatic heterocycles. The van der Waals surface area contributed by atoms with Crippen molar-refractivity contribution in [3.63, 3.8) is 0 Å². The van der Waals surface area contributed by atoms with Crippen LogP contribution >= 0.6 is 0 Å². The average molecular weight is 273 g/mol. The number of benzene rings is 1. The minimum absolute atomic E-state index is 0.0494. The van der Waals surface area contributed by atoms with E-state index in [2.05, 4.69) is 15.3 Å². The van der Waals surface area contributed by atoms with Gasteiger partial charge in [0.15, 0.2) is 0 Å². The molecule has 0 saturated heterocycles. The summed E-state index contributed by atoms with van der Waals surface area (Å²) < 4.78 is 0. The smallest absolute Gasteiger partial charge is 0.251 e. The lowest BCUT2D eigenvalue weighted by atomic mass is 9.94. The third-order valence-corrected chi connectivity index (χ3v) is 3.59. The Morgan fingerprint density at radius 1 is 1.30 bits per heavy atom. The second-order valence-electron chi connectivity index (χ2n) is 5.10. The number of hydrogen-bond acceptors (Lipinski definition) is 4. The van der Waals surface area contributed by atoms with Crippen molar-refractivity contribution in [3.05, 3.63) is 36.2 Å². The zero-order valence-corrected chi connectivity index (χ0v) is 11.8. The molecule has 106 valence electrons. The summed E-state index contributed by atoms with van der Waals surface area (Å²) in [6.07, 6.45) is 4.51. The van der Waals surface area contributed by atoms with Gasteiger partial charge in [0.1, 0.15) is 0 Å². The van der Waals surface area contributed by atoms with E-state index in [1.165, 1.54) is 0 Å². The maximum absolute atomic E-state index is 12.3. The third-order valence-electron chi connectivity index (χ3n) is 3.59. The fraction of sp³-hybridized carbons (Fsp3) is 0.400. The number of hydrogen-bond donors (Lipinski definition) is 2. The van der Waals surface area contributed by atoms with Gasteiger partial charge in [-0.1, -0.05) is 6.92 Å². The van der Waals surface area contributed by atoms with E-state index in [-0.39, 0.29) is 12.5 Å². The van der Waals surface area contributed by atoms with Crippen molar-refractivity contribution >= 4 is 16.9 Å². The van der Waals surface area contributed by atoms with Crippen LogP contribution in [0, 0.1) is 0 Å². The van der Waals surface area contributed by atoms with Crippen LogP contribution in [-0.2, 0) is 0 Å². The number of carbonyl (C=O) groups is 1. The van der Waals surface area contributed by atoms with Gasteiger partial charge >= 0.3 is 0 Å². The monoisotopic (exact) mass is 273 g/mol. The summed E-state index contributed by atoms with van der Waals surface area (Å²) in [7, 11) is 0. The Hall–Kier alpha value is -2.01. The lowest BCUT2D eigenvalue weighted by molar-refractivity contribution is 0.0886. The molecular weight excluding hydrogens is 254 g/mol. The SMILES string of the molecule is CCC(C)(CCO)NC(=O)c1ccc2nccnc2c1. The van der Waals surface area contributed by atoms with E-state index in [4.69, 9.17) is 5.11 Å². The number of carbonyl (C=O) groups excluding carboxylic acids is 1. The zero-order valence-electron chi connectivity index (χ0n) is 11.8. The number of aliphatic hydroxyl groups is 1. The number of rotatable bonds is 5. The highest BCUT2D eigenvalue weighted by Crippen LogP contribution is 2.16. The van der Waals surface area contributed by atoms with Gasteiger partial charge in [0.2, 0.25) is 0 Å². The quantitative estimate of drug-likeness (QED) is 0.872. The molecule has 5 nitrogen and oxygen atoms in total. The predicted molar refractivity (Wildman–Crippen MR) is 77.4 cm³/mol. The molecule has 0 aliphatic heterocycles. The Morgan fingerprint density at radius 2 is 2.00 bits per heavy atom. The average Bonchev–Trinajstić information content (AvgIpc) is 2.47. The number of aliphatic hydroxyl groups excluding tert-OH is 1. The van der Waals surface area contributed by atoms with Gasteiger partial charge in [-0.2, -0.15) is 0 Å². The standard InChI is InChI=1S/C15H19N3O2/c1-3-15(2,6-9-19)18-14(20)11-4-5-12-13(10-11)17-8-7-16-12/h4-5,7-8,10,19H,3,6,9H2,1-2H3,(H,18,20). The Labute approximate surface area is 118 Å². The Morgan fingerprint density at radius 3 is 2.65 bits per heavy atom. The second kappa shape index (κ2) is 5.96. The number of nitrogens with zero attached hydrogens (tertiary/aromatic N) is 2. The van der Waals surface area contributed by atoms with Gasteiger partial charge in [-0.25, -0.2) is 0 Å². The molecule has 0 aliphatic carbocycles. The molecule has 0 saturated carbocycles. The van der Waals surface area contributed by atoms with Gasteiger partial charge in [0.25, 0.3) is 5.91 Å². The molecule has 5 heteroatoms. The van der Waals surface area contributed by atoms with Crippen LogP contribution in [0.3, 0.4) is 0 Å². The fourth-order valence-corrected chi connectivity index (χ4v) is 2.03. The number of fused-ring (bicyclic) bond motifs is 1. The summed E-state index contributed by atoms with van der Waals surface area (Å²) in [6, 6.07) is 5.25. The number of amides is 1. The number of nitrogens with one attached hydrogen (secondary N) is 1. The highest BCUT2D eigenvalue weighted by molar-refractivity contribution is 5.97.